The van der Waals surface area contributed by atoms with Gasteiger partial charge in [-0.1, -0.05) is 36.0 Å². The highest BCUT2D eigenvalue weighted by atomic mass is 32.2. The van der Waals surface area contributed by atoms with Gasteiger partial charge >= 0.3 is 0 Å². The molecule has 0 atom stereocenters. The second-order valence-corrected chi connectivity index (χ2v) is 10.2. The van der Waals surface area contributed by atoms with Gasteiger partial charge < -0.3 is 4.90 Å². The van der Waals surface area contributed by atoms with E-state index in [0.717, 1.165) is 11.3 Å². The number of benzene rings is 2. The molecule has 33 heavy (non-hydrogen) atoms. The first-order chi connectivity index (χ1) is 15.9. The molecule has 1 fully saturated rings. The lowest BCUT2D eigenvalue weighted by Gasteiger charge is -2.34. The highest BCUT2D eigenvalue weighted by Gasteiger charge is 2.31. The Morgan fingerprint density at radius 3 is 2.61 bits per heavy atom. The zero-order chi connectivity index (χ0) is 23.4. The molecule has 0 radical (unpaired) electrons. The molecule has 0 unspecified atom stereocenters. The average molecular weight is 484 g/mol. The number of hydrogen-bond acceptors (Lipinski definition) is 8. The number of nitriles is 1. The van der Waals surface area contributed by atoms with Crippen LogP contribution < -0.4 is 0 Å². The van der Waals surface area contributed by atoms with Crippen molar-refractivity contribution in [3.63, 3.8) is 0 Å². The summed E-state index contributed by atoms with van der Waals surface area (Å²) in [4.78, 5) is 14.4. The van der Waals surface area contributed by atoms with Crippen LogP contribution in [-0.4, -0.2) is 75.7 Å². The Balaban J connectivity index is 1.36. The quantitative estimate of drug-likeness (QED) is 0.483. The summed E-state index contributed by atoms with van der Waals surface area (Å²) in [7, 11) is -3.80. The van der Waals surface area contributed by atoms with Gasteiger partial charge in [0.15, 0.2) is 0 Å². The molecule has 1 saturated heterocycles. The molecule has 2 aromatic carbocycles. The van der Waals surface area contributed by atoms with E-state index in [1.165, 1.54) is 28.2 Å². The van der Waals surface area contributed by atoms with E-state index in [9.17, 15) is 18.5 Å². The molecule has 170 valence electrons. The van der Waals surface area contributed by atoms with Gasteiger partial charge in [-0.3, -0.25) is 4.79 Å². The van der Waals surface area contributed by atoms with Gasteiger partial charge in [0.05, 0.1) is 21.9 Å². The second kappa shape index (κ2) is 9.70. The lowest BCUT2D eigenvalue weighted by Crippen LogP contribution is -2.51. The Kier molecular flexibility index (Phi) is 6.73. The fourth-order valence-electron chi connectivity index (χ4n) is 3.51. The van der Waals surface area contributed by atoms with Crippen LogP contribution in [0.2, 0.25) is 0 Å². The van der Waals surface area contributed by atoms with E-state index in [-0.39, 0.29) is 48.3 Å². The number of piperazine rings is 1. The van der Waals surface area contributed by atoms with E-state index in [0.29, 0.717) is 5.16 Å². The van der Waals surface area contributed by atoms with Crippen molar-refractivity contribution in [3.05, 3.63) is 59.7 Å². The van der Waals surface area contributed by atoms with Crippen molar-refractivity contribution in [2.24, 2.45) is 0 Å². The first-order valence-corrected chi connectivity index (χ1v) is 12.6. The average Bonchev–Trinajstić information content (AvgIpc) is 3.31. The number of aromatic nitrogens is 4. The minimum atomic E-state index is -3.80. The number of sulfonamides is 1. The fourth-order valence-corrected chi connectivity index (χ4v) is 5.87. The van der Waals surface area contributed by atoms with Crippen molar-refractivity contribution in [1.82, 2.24) is 29.4 Å². The number of tetrazole rings is 1. The molecule has 12 heteroatoms. The van der Waals surface area contributed by atoms with Gasteiger partial charge in [-0.2, -0.15) is 14.2 Å². The molecule has 2 heterocycles. The second-order valence-electron chi connectivity index (χ2n) is 7.39. The maximum Gasteiger partial charge on any atom is 0.244 e. The van der Waals surface area contributed by atoms with Gasteiger partial charge in [-0.25, -0.2) is 8.42 Å². The molecule has 0 bridgehead atoms. The Hall–Kier alpha value is -3.27. The van der Waals surface area contributed by atoms with E-state index < -0.39 is 10.0 Å². The third-order valence-corrected chi connectivity index (χ3v) is 8.09. The molecule has 10 nitrogen and oxygen atoms in total. The number of amides is 1. The number of nitrogens with zero attached hydrogens (tertiary/aromatic N) is 7. The van der Waals surface area contributed by atoms with E-state index in [2.05, 4.69) is 15.5 Å². The molecule has 0 spiro atoms. The van der Waals surface area contributed by atoms with Crippen LogP contribution in [0.5, 0.6) is 0 Å². The zero-order valence-electron chi connectivity index (χ0n) is 17.8. The number of carbonyl (C=O) groups excluding carboxylic acids is 1. The van der Waals surface area contributed by atoms with E-state index >= 15 is 0 Å². The molecule has 1 amide bonds. The highest BCUT2D eigenvalue weighted by Crippen LogP contribution is 2.22. The summed E-state index contributed by atoms with van der Waals surface area (Å²) < 4.78 is 28.8. The van der Waals surface area contributed by atoms with Crippen molar-refractivity contribution >= 4 is 27.7 Å². The van der Waals surface area contributed by atoms with E-state index in [4.69, 9.17) is 0 Å². The Morgan fingerprint density at radius 1 is 1.12 bits per heavy atom. The molecule has 1 aliphatic rings. The molecule has 1 aromatic heterocycles. The molecule has 0 N–H and O–H groups in total. The summed E-state index contributed by atoms with van der Waals surface area (Å²) in [5, 5.41) is 21.5. The molecule has 3 aromatic rings. The molecule has 0 aliphatic carbocycles. The van der Waals surface area contributed by atoms with Crippen LogP contribution in [0.3, 0.4) is 0 Å². The highest BCUT2D eigenvalue weighted by molar-refractivity contribution is 7.99. The lowest BCUT2D eigenvalue weighted by molar-refractivity contribution is -0.129. The van der Waals surface area contributed by atoms with E-state index in [1.54, 1.807) is 21.7 Å². The minimum absolute atomic E-state index is 0.00850. The molecule has 0 saturated carbocycles. The number of thioether (sulfide) groups is 1. The zero-order valence-corrected chi connectivity index (χ0v) is 19.5. The standard InChI is InChI=1S/C21H21N7O3S2/c1-16-5-4-7-18(13-16)28-21(23-24-25-28)32-15-20(29)26-9-11-27(12-10-26)33(30,31)19-8-3-2-6-17(19)14-22/h2-8,13H,9-12,15H2,1H3. The maximum absolute atomic E-state index is 13.0. The van der Waals surface area contributed by atoms with Gasteiger partial charge in [0.25, 0.3) is 0 Å². The number of rotatable bonds is 6. The van der Waals surface area contributed by atoms with Crippen LogP contribution >= 0.6 is 11.8 Å². The molecule has 4 rings (SSSR count). The largest absolute Gasteiger partial charge is 0.339 e. The Bertz CT molecular complexity index is 1310. The van der Waals surface area contributed by atoms with E-state index in [1.807, 2.05) is 37.3 Å². The van der Waals surface area contributed by atoms with Crippen LogP contribution in [0.4, 0.5) is 0 Å². The van der Waals surface area contributed by atoms with Crippen molar-refractivity contribution in [1.29, 1.82) is 5.26 Å². The van der Waals surface area contributed by atoms with Crippen LogP contribution in [0.25, 0.3) is 5.69 Å². The van der Waals surface area contributed by atoms with Crippen molar-refractivity contribution < 1.29 is 13.2 Å². The summed E-state index contributed by atoms with van der Waals surface area (Å²) in [6.45, 7) is 2.86. The third kappa shape index (κ3) is 4.90. The first kappa shape index (κ1) is 22.9. The van der Waals surface area contributed by atoms with Crippen LogP contribution in [0.1, 0.15) is 11.1 Å². The van der Waals surface area contributed by atoms with Gasteiger partial charge in [0, 0.05) is 26.2 Å². The summed E-state index contributed by atoms with van der Waals surface area (Å²) in [6.07, 6.45) is 0. The monoisotopic (exact) mass is 483 g/mol. The normalized spacial score (nSPS) is 14.7. The van der Waals surface area contributed by atoms with Crippen molar-refractivity contribution in [2.45, 2.75) is 17.0 Å². The Morgan fingerprint density at radius 2 is 1.88 bits per heavy atom. The number of hydrogen-bond donors (Lipinski definition) is 0. The molecular weight excluding hydrogens is 462 g/mol. The summed E-state index contributed by atoms with van der Waals surface area (Å²) in [5.74, 6) is 0.0178. The third-order valence-electron chi connectivity index (χ3n) is 5.23. The van der Waals surface area contributed by atoms with Crippen LogP contribution in [0, 0.1) is 18.3 Å². The minimum Gasteiger partial charge on any atom is -0.339 e. The predicted molar refractivity (Wildman–Crippen MR) is 121 cm³/mol. The van der Waals surface area contributed by atoms with Crippen molar-refractivity contribution in [2.75, 3.05) is 31.9 Å². The first-order valence-electron chi connectivity index (χ1n) is 10.2. The van der Waals surface area contributed by atoms with Gasteiger partial charge in [-0.05, 0) is 47.2 Å². The topological polar surface area (TPSA) is 125 Å². The SMILES string of the molecule is Cc1cccc(-n2nnnc2SCC(=O)N2CCN(S(=O)(=O)c3ccccc3C#N)CC2)c1. The van der Waals surface area contributed by atoms with Crippen LogP contribution in [0.15, 0.2) is 58.6 Å². The number of aryl methyl sites for hydroxylation is 1. The summed E-state index contributed by atoms with van der Waals surface area (Å²) in [5.41, 5.74) is 1.99. The lowest BCUT2D eigenvalue weighted by atomic mass is 10.2. The predicted octanol–water partition coefficient (Wildman–Crippen LogP) is 1.47. The molecular formula is C21H21N7O3S2. The maximum atomic E-state index is 13.0. The summed E-state index contributed by atoms with van der Waals surface area (Å²) >= 11 is 1.23. The fraction of sp³-hybridized carbons (Fsp3) is 0.286. The smallest absolute Gasteiger partial charge is 0.244 e. The van der Waals surface area contributed by atoms with Gasteiger partial charge in [0.2, 0.25) is 21.1 Å². The van der Waals surface area contributed by atoms with Crippen LogP contribution in [-0.2, 0) is 14.8 Å². The Labute approximate surface area is 195 Å². The number of carbonyl (C=O) groups is 1. The molecule has 1 aliphatic heterocycles. The van der Waals surface area contributed by atoms with Gasteiger partial charge in [0.1, 0.15) is 6.07 Å². The van der Waals surface area contributed by atoms with Crippen molar-refractivity contribution in [3.8, 4) is 11.8 Å². The van der Waals surface area contributed by atoms with Gasteiger partial charge in [-0.15, -0.1) is 5.10 Å². The summed E-state index contributed by atoms with van der Waals surface area (Å²) in [6, 6.07) is 15.8.